The molecule has 0 amide bonds. The molecule has 0 N–H and O–H groups in total. The normalized spacial score (nSPS) is 10.8. The van der Waals surface area contributed by atoms with Gasteiger partial charge in [0.05, 0.1) is 0 Å². The van der Waals surface area contributed by atoms with Gasteiger partial charge in [-0.15, -0.1) is 10.2 Å². The Morgan fingerprint density at radius 3 is 3.00 bits per heavy atom. The fraction of sp³-hybridized carbons (Fsp3) is 0.333. The molecular formula is C6H7N5O. The zero-order chi connectivity index (χ0) is 8.72. The number of aryl methyl sites for hydroxylation is 2. The van der Waals surface area contributed by atoms with Gasteiger partial charge in [0.25, 0.3) is 11.3 Å². The Balaban J connectivity index is 3.07. The van der Waals surface area contributed by atoms with E-state index in [1.54, 1.807) is 14.0 Å². The lowest BCUT2D eigenvalue weighted by atomic mass is 10.5. The minimum atomic E-state index is -0.173. The van der Waals surface area contributed by atoms with Crippen molar-refractivity contribution in [2.24, 2.45) is 7.05 Å². The Morgan fingerprint density at radius 1 is 1.50 bits per heavy atom. The lowest BCUT2D eigenvalue weighted by molar-refractivity contribution is 0.702. The number of hydrogen-bond acceptors (Lipinski definition) is 4. The Hall–Kier alpha value is -1.72. The van der Waals surface area contributed by atoms with Gasteiger partial charge in [0.2, 0.25) is 0 Å². The molecule has 0 aliphatic heterocycles. The molecule has 0 spiro atoms. The molecule has 0 radical (unpaired) electrons. The maximum Gasteiger partial charge on any atom is 0.281 e. The van der Waals surface area contributed by atoms with E-state index in [1.165, 1.54) is 15.4 Å². The van der Waals surface area contributed by atoms with Crippen LogP contribution < -0.4 is 5.56 Å². The first kappa shape index (κ1) is 6.96. The predicted molar refractivity (Wildman–Crippen MR) is 40.8 cm³/mol. The third-order valence-corrected chi connectivity index (χ3v) is 1.65. The molecule has 0 aliphatic rings. The molecule has 0 aromatic carbocycles. The van der Waals surface area contributed by atoms with E-state index in [2.05, 4.69) is 15.3 Å². The van der Waals surface area contributed by atoms with Gasteiger partial charge in [-0.2, -0.15) is 5.10 Å². The summed E-state index contributed by atoms with van der Waals surface area (Å²) in [5, 5.41) is 11.3. The first-order valence-corrected chi connectivity index (χ1v) is 3.44. The van der Waals surface area contributed by atoms with Crippen LogP contribution in [0.25, 0.3) is 5.78 Å². The highest BCUT2D eigenvalue weighted by atomic mass is 16.1. The number of fused-ring (bicyclic) bond motifs is 1. The fourth-order valence-corrected chi connectivity index (χ4v) is 1.08. The second-order valence-electron chi connectivity index (χ2n) is 2.52. The van der Waals surface area contributed by atoms with Crippen LogP contribution in [0.2, 0.25) is 0 Å². The molecule has 6 heteroatoms. The highest BCUT2D eigenvalue weighted by Crippen LogP contribution is 1.90. The monoisotopic (exact) mass is 165 g/mol. The molecule has 2 heterocycles. The van der Waals surface area contributed by atoms with Gasteiger partial charge in [-0.3, -0.25) is 4.79 Å². The first-order chi connectivity index (χ1) is 5.70. The Kier molecular flexibility index (Phi) is 1.24. The molecule has 2 aromatic heterocycles. The zero-order valence-corrected chi connectivity index (χ0v) is 6.72. The third-order valence-electron chi connectivity index (χ3n) is 1.65. The summed E-state index contributed by atoms with van der Waals surface area (Å²) < 4.78 is 2.88. The van der Waals surface area contributed by atoms with E-state index in [1.807, 2.05) is 0 Å². The van der Waals surface area contributed by atoms with Gasteiger partial charge in [0, 0.05) is 7.05 Å². The zero-order valence-electron chi connectivity index (χ0n) is 6.72. The molecule has 0 bridgehead atoms. The van der Waals surface area contributed by atoms with E-state index >= 15 is 0 Å². The van der Waals surface area contributed by atoms with Crippen molar-refractivity contribution in [3.63, 3.8) is 0 Å². The first-order valence-electron chi connectivity index (χ1n) is 3.44. The fourth-order valence-electron chi connectivity index (χ4n) is 1.08. The van der Waals surface area contributed by atoms with Gasteiger partial charge in [0.15, 0.2) is 0 Å². The van der Waals surface area contributed by atoms with Crippen LogP contribution >= 0.6 is 0 Å². The second-order valence-corrected chi connectivity index (χ2v) is 2.52. The Bertz CT molecular complexity index is 482. The van der Waals surface area contributed by atoms with E-state index in [0.717, 1.165) is 0 Å². The topological polar surface area (TPSA) is 65.1 Å². The number of rotatable bonds is 0. The summed E-state index contributed by atoms with van der Waals surface area (Å²) in [6.45, 7) is 1.65. The van der Waals surface area contributed by atoms with Gasteiger partial charge >= 0.3 is 0 Å². The van der Waals surface area contributed by atoms with E-state index in [4.69, 9.17) is 0 Å². The highest BCUT2D eigenvalue weighted by Gasteiger charge is 2.04. The van der Waals surface area contributed by atoms with Crippen LogP contribution in [-0.4, -0.2) is 24.4 Å². The molecular weight excluding hydrogens is 158 g/mol. The van der Waals surface area contributed by atoms with Crippen LogP contribution in [0.3, 0.4) is 0 Å². The van der Waals surface area contributed by atoms with Crippen molar-refractivity contribution >= 4 is 5.78 Å². The quantitative estimate of drug-likeness (QED) is 0.509. The van der Waals surface area contributed by atoms with E-state index in [0.29, 0.717) is 11.5 Å². The van der Waals surface area contributed by atoms with Crippen LogP contribution in [0.15, 0.2) is 11.1 Å². The van der Waals surface area contributed by atoms with Crippen LogP contribution in [0, 0.1) is 6.92 Å². The third kappa shape index (κ3) is 0.744. The minimum Gasteiger partial charge on any atom is -0.267 e. The molecule has 0 aliphatic carbocycles. The molecule has 0 saturated heterocycles. The highest BCUT2D eigenvalue weighted by molar-refractivity contribution is 5.24. The molecule has 0 unspecified atom stereocenters. The summed E-state index contributed by atoms with van der Waals surface area (Å²) in [6.07, 6.45) is 1.38. The van der Waals surface area contributed by atoms with Gasteiger partial charge < -0.3 is 0 Å². The number of nitrogens with zero attached hydrogens (tertiary/aromatic N) is 5. The minimum absolute atomic E-state index is 0.173. The Morgan fingerprint density at radius 2 is 2.25 bits per heavy atom. The molecule has 0 fully saturated rings. The van der Waals surface area contributed by atoms with E-state index in [-0.39, 0.29) is 5.56 Å². The molecule has 0 saturated carbocycles. The van der Waals surface area contributed by atoms with Gasteiger partial charge in [-0.1, -0.05) is 0 Å². The van der Waals surface area contributed by atoms with Crippen molar-refractivity contribution < 1.29 is 0 Å². The van der Waals surface area contributed by atoms with Crippen LogP contribution in [0.5, 0.6) is 0 Å². The van der Waals surface area contributed by atoms with Crippen molar-refractivity contribution in [1.82, 2.24) is 24.4 Å². The van der Waals surface area contributed by atoms with Crippen molar-refractivity contribution in [3.05, 3.63) is 22.4 Å². The smallest absolute Gasteiger partial charge is 0.267 e. The van der Waals surface area contributed by atoms with Gasteiger partial charge in [-0.25, -0.2) is 9.08 Å². The Labute approximate surface area is 67.5 Å². The molecule has 62 valence electrons. The lowest BCUT2D eigenvalue weighted by Crippen LogP contribution is -2.21. The molecule has 2 rings (SSSR count). The summed E-state index contributed by atoms with van der Waals surface area (Å²) in [4.78, 5) is 11.3. The van der Waals surface area contributed by atoms with Crippen LogP contribution in [0.1, 0.15) is 5.69 Å². The molecule has 0 atom stereocenters. The SMILES string of the molecule is Cc1nn(C)c2nncn2c1=O. The summed E-state index contributed by atoms with van der Waals surface area (Å²) in [5.41, 5.74) is 0.262. The lowest BCUT2D eigenvalue weighted by Gasteiger charge is -1.99. The number of hydrogen-bond donors (Lipinski definition) is 0. The predicted octanol–water partition coefficient (Wildman–Crippen LogP) is -0.869. The molecule has 2 aromatic rings. The molecule has 12 heavy (non-hydrogen) atoms. The van der Waals surface area contributed by atoms with Crippen molar-refractivity contribution in [1.29, 1.82) is 0 Å². The summed E-state index contributed by atoms with van der Waals surface area (Å²) >= 11 is 0. The maximum atomic E-state index is 11.3. The number of aromatic nitrogens is 5. The average molecular weight is 165 g/mol. The standard InChI is InChI=1S/C6H7N5O/c1-4-5(12)11-3-7-8-6(11)10(2)9-4/h3H,1-2H3. The maximum absolute atomic E-state index is 11.3. The van der Waals surface area contributed by atoms with Gasteiger partial charge in [0.1, 0.15) is 12.0 Å². The van der Waals surface area contributed by atoms with Crippen molar-refractivity contribution in [3.8, 4) is 0 Å². The van der Waals surface area contributed by atoms with E-state index in [9.17, 15) is 4.79 Å². The van der Waals surface area contributed by atoms with Crippen molar-refractivity contribution in [2.75, 3.05) is 0 Å². The van der Waals surface area contributed by atoms with Crippen LogP contribution in [-0.2, 0) is 7.05 Å². The van der Waals surface area contributed by atoms with Gasteiger partial charge in [-0.05, 0) is 6.92 Å². The average Bonchev–Trinajstić information content (AvgIpc) is 2.48. The largest absolute Gasteiger partial charge is 0.281 e. The summed E-state index contributed by atoms with van der Waals surface area (Å²) in [5.74, 6) is 0.450. The van der Waals surface area contributed by atoms with Crippen LogP contribution in [0.4, 0.5) is 0 Å². The van der Waals surface area contributed by atoms with Crippen molar-refractivity contribution in [2.45, 2.75) is 6.92 Å². The molecule has 6 nitrogen and oxygen atoms in total. The summed E-state index contributed by atoms with van der Waals surface area (Å²) in [7, 11) is 1.72. The summed E-state index contributed by atoms with van der Waals surface area (Å²) in [6, 6.07) is 0. The second kappa shape index (κ2) is 2.13. The van der Waals surface area contributed by atoms with E-state index < -0.39 is 0 Å².